The maximum absolute atomic E-state index is 11.4. The molecule has 5 nitrogen and oxygen atoms in total. The lowest BCUT2D eigenvalue weighted by Gasteiger charge is -2.15. The Morgan fingerprint density at radius 1 is 1.23 bits per heavy atom. The van der Waals surface area contributed by atoms with Gasteiger partial charge in [0.15, 0.2) is 0 Å². The summed E-state index contributed by atoms with van der Waals surface area (Å²) in [6, 6.07) is 0. The van der Waals surface area contributed by atoms with Gasteiger partial charge < -0.3 is 0 Å². The second-order valence-electron chi connectivity index (χ2n) is 3.65. The van der Waals surface area contributed by atoms with Gasteiger partial charge in [-0.2, -0.15) is 4.41 Å². The molecule has 0 aliphatic heterocycles. The van der Waals surface area contributed by atoms with Gasteiger partial charge >= 0.3 is 0 Å². The van der Waals surface area contributed by atoms with Gasteiger partial charge in [0.05, 0.1) is 5.25 Å². The van der Waals surface area contributed by atoms with Crippen LogP contribution in [0.4, 0.5) is 0 Å². The van der Waals surface area contributed by atoms with Crippen LogP contribution < -0.4 is 5.84 Å². The van der Waals surface area contributed by atoms with E-state index in [9.17, 15) is 13.2 Å². The van der Waals surface area contributed by atoms with Gasteiger partial charge in [0, 0.05) is 5.92 Å². The summed E-state index contributed by atoms with van der Waals surface area (Å²) < 4.78 is 23.4. The van der Waals surface area contributed by atoms with Crippen molar-refractivity contribution < 1.29 is 13.2 Å². The number of rotatable bonds is 3. The van der Waals surface area contributed by atoms with E-state index < -0.39 is 21.2 Å². The first-order valence-electron chi connectivity index (χ1n) is 4.36. The van der Waals surface area contributed by atoms with Gasteiger partial charge in [0.1, 0.15) is 0 Å². The molecule has 74 valence electrons. The van der Waals surface area contributed by atoms with Gasteiger partial charge in [-0.05, 0) is 25.7 Å². The minimum atomic E-state index is -3.51. The molecule has 13 heavy (non-hydrogen) atoms. The smallest absolute Gasteiger partial charge is 0.253 e. The van der Waals surface area contributed by atoms with Crippen molar-refractivity contribution in [2.24, 2.45) is 11.8 Å². The normalized spacial score (nSPS) is 22.8. The number of nitrogens with two attached hydrogens (primary N) is 1. The Morgan fingerprint density at radius 2 is 1.77 bits per heavy atom. The van der Waals surface area contributed by atoms with Gasteiger partial charge in [-0.1, -0.05) is 0 Å². The van der Waals surface area contributed by atoms with E-state index in [2.05, 4.69) is 0 Å². The van der Waals surface area contributed by atoms with Gasteiger partial charge in [-0.15, -0.1) is 0 Å². The average Bonchev–Trinajstić information content (AvgIpc) is 2.89. The molecule has 0 radical (unpaired) electrons. The molecule has 2 fully saturated rings. The van der Waals surface area contributed by atoms with E-state index in [-0.39, 0.29) is 5.92 Å². The Balaban J connectivity index is 2.10. The van der Waals surface area contributed by atoms with E-state index in [4.69, 9.17) is 5.84 Å². The summed E-state index contributed by atoms with van der Waals surface area (Å²) in [7, 11) is -3.51. The van der Waals surface area contributed by atoms with Crippen LogP contribution in [0.25, 0.3) is 0 Å². The van der Waals surface area contributed by atoms with E-state index in [0.717, 1.165) is 12.8 Å². The summed E-state index contributed by atoms with van der Waals surface area (Å²) in [6.07, 6.45) is 2.81. The topological polar surface area (TPSA) is 80.5 Å². The van der Waals surface area contributed by atoms with E-state index >= 15 is 0 Å². The molecule has 0 atom stereocenters. The Hall–Kier alpha value is -0.620. The van der Waals surface area contributed by atoms with Gasteiger partial charge in [0.25, 0.3) is 15.9 Å². The van der Waals surface area contributed by atoms with Crippen LogP contribution in [0, 0.1) is 5.92 Å². The van der Waals surface area contributed by atoms with E-state index in [0.29, 0.717) is 17.3 Å². The van der Waals surface area contributed by atoms with Crippen molar-refractivity contribution >= 4 is 15.9 Å². The van der Waals surface area contributed by atoms with Gasteiger partial charge in [-0.3, -0.25) is 4.79 Å². The summed E-state index contributed by atoms with van der Waals surface area (Å²) in [5.41, 5.74) is 0. The Kier molecular flexibility index (Phi) is 1.85. The van der Waals surface area contributed by atoms with Crippen LogP contribution in [0.5, 0.6) is 0 Å². The molecule has 0 aromatic heterocycles. The van der Waals surface area contributed by atoms with Crippen molar-refractivity contribution in [3.05, 3.63) is 0 Å². The summed E-state index contributed by atoms with van der Waals surface area (Å²) in [5.74, 6) is 4.69. The fourth-order valence-corrected chi connectivity index (χ4v) is 2.62. The molecule has 0 saturated heterocycles. The fraction of sp³-hybridized carbons (Fsp3) is 0.857. The molecule has 0 aromatic carbocycles. The second kappa shape index (κ2) is 2.68. The maximum atomic E-state index is 11.4. The number of amides is 1. The zero-order valence-corrected chi connectivity index (χ0v) is 7.96. The molecule has 2 saturated carbocycles. The van der Waals surface area contributed by atoms with Gasteiger partial charge in [0.2, 0.25) is 0 Å². The number of carbonyl (C=O) groups excluding carboxylic acids is 1. The third kappa shape index (κ3) is 1.55. The maximum Gasteiger partial charge on any atom is 0.253 e. The van der Waals surface area contributed by atoms with E-state index in [1.165, 1.54) is 0 Å². The molecule has 0 unspecified atom stereocenters. The zero-order chi connectivity index (χ0) is 9.64. The number of hydrazine groups is 1. The summed E-state index contributed by atoms with van der Waals surface area (Å²) in [6.45, 7) is 0. The van der Waals surface area contributed by atoms with Crippen LogP contribution >= 0.6 is 0 Å². The predicted molar refractivity (Wildman–Crippen MR) is 45.7 cm³/mol. The third-order valence-corrected chi connectivity index (χ3v) is 4.41. The molecule has 0 aromatic rings. The Bertz CT molecular complexity index is 330. The number of hydrogen-bond acceptors (Lipinski definition) is 4. The molecule has 2 aliphatic rings. The van der Waals surface area contributed by atoms with Crippen LogP contribution in [0.1, 0.15) is 25.7 Å². The first-order valence-corrected chi connectivity index (χ1v) is 5.86. The summed E-state index contributed by atoms with van der Waals surface area (Å²) >= 11 is 0. The molecule has 2 N–H and O–H groups in total. The van der Waals surface area contributed by atoms with Crippen molar-refractivity contribution in [1.29, 1.82) is 0 Å². The van der Waals surface area contributed by atoms with E-state index in [1.807, 2.05) is 0 Å². The molecular weight excluding hydrogens is 192 g/mol. The molecule has 0 heterocycles. The highest BCUT2D eigenvalue weighted by Crippen LogP contribution is 2.34. The van der Waals surface area contributed by atoms with Crippen molar-refractivity contribution in [2.75, 3.05) is 0 Å². The number of carbonyl (C=O) groups is 1. The van der Waals surface area contributed by atoms with E-state index in [1.54, 1.807) is 0 Å². The van der Waals surface area contributed by atoms with Crippen LogP contribution in [0.3, 0.4) is 0 Å². The van der Waals surface area contributed by atoms with Crippen LogP contribution in [-0.4, -0.2) is 24.0 Å². The zero-order valence-electron chi connectivity index (χ0n) is 7.14. The lowest BCUT2D eigenvalue weighted by atomic mass is 10.4. The van der Waals surface area contributed by atoms with Crippen LogP contribution in [0.2, 0.25) is 0 Å². The molecule has 1 amide bonds. The molecule has 0 bridgehead atoms. The van der Waals surface area contributed by atoms with Gasteiger partial charge in [-0.25, -0.2) is 14.3 Å². The molecule has 2 aliphatic carbocycles. The largest absolute Gasteiger partial charge is 0.272 e. The van der Waals surface area contributed by atoms with Crippen LogP contribution in [-0.2, 0) is 14.8 Å². The highest BCUT2D eigenvalue weighted by molar-refractivity contribution is 7.90. The van der Waals surface area contributed by atoms with Crippen molar-refractivity contribution in [3.63, 3.8) is 0 Å². The summed E-state index contributed by atoms with van der Waals surface area (Å²) in [5, 5.41) is -0.403. The quantitative estimate of drug-likeness (QED) is 0.385. The first-order chi connectivity index (χ1) is 6.03. The molecule has 0 spiro atoms. The molecular formula is C7H12N2O3S. The average molecular weight is 204 g/mol. The Labute approximate surface area is 76.9 Å². The van der Waals surface area contributed by atoms with Crippen molar-refractivity contribution in [2.45, 2.75) is 30.9 Å². The monoisotopic (exact) mass is 204 g/mol. The minimum Gasteiger partial charge on any atom is -0.272 e. The Morgan fingerprint density at radius 3 is 2.15 bits per heavy atom. The highest BCUT2D eigenvalue weighted by atomic mass is 32.2. The standard InChI is InChI=1S/C7H12N2O3S/c8-9(7(10)5-1-2-5)13(11,12)6-3-4-6/h5-6H,1-4,8H2. The lowest BCUT2D eigenvalue weighted by molar-refractivity contribution is -0.127. The number of hydrogen-bond donors (Lipinski definition) is 1. The molecule has 6 heteroatoms. The molecule has 2 rings (SSSR count). The minimum absolute atomic E-state index is 0.140. The second-order valence-corrected chi connectivity index (χ2v) is 5.74. The number of sulfonamides is 1. The fourth-order valence-electron chi connectivity index (χ4n) is 1.16. The van der Waals surface area contributed by atoms with Crippen LogP contribution in [0.15, 0.2) is 0 Å². The lowest BCUT2D eigenvalue weighted by Crippen LogP contribution is -2.45. The van der Waals surface area contributed by atoms with Crippen molar-refractivity contribution in [3.8, 4) is 0 Å². The SMILES string of the molecule is NN(C(=O)C1CC1)S(=O)(=O)C1CC1. The predicted octanol–water partition coefficient (Wildman–Crippen LogP) is -0.409. The van der Waals surface area contributed by atoms with Crippen molar-refractivity contribution in [1.82, 2.24) is 4.41 Å². The third-order valence-electron chi connectivity index (χ3n) is 2.36. The summed E-state index contributed by atoms with van der Waals surface area (Å²) in [4.78, 5) is 11.3. The number of nitrogens with zero attached hydrogens (tertiary/aromatic N) is 1. The first kappa shape index (κ1) is 8.96. The highest BCUT2D eigenvalue weighted by Gasteiger charge is 2.44.